The van der Waals surface area contributed by atoms with Crippen molar-refractivity contribution >= 4 is 23.9 Å². The number of carbonyl (C=O) groups is 4. The van der Waals surface area contributed by atoms with E-state index < -0.39 is 47.6 Å². The van der Waals surface area contributed by atoms with Gasteiger partial charge in [-0.15, -0.1) is 0 Å². The third-order valence-corrected chi connectivity index (χ3v) is 4.46. The summed E-state index contributed by atoms with van der Waals surface area (Å²) in [4.78, 5) is 49.6. The normalized spacial score (nSPS) is 14.0. The van der Waals surface area contributed by atoms with Crippen molar-refractivity contribution in [2.24, 2.45) is 5.92 Å². The smallest absolute Gasteiger partial charge is 0.408 e. The molecule has 0 saturated carbocycles. The van der Waals surface area contributed by atoms with E-state index in [0.29, 0.717) is 0 Å². The highest BCUT2D eigenvalue weighted by Crippen LogP contribution is 2.09. The lowest BCUT2D eigenvalue weighted by Crippen LogP contribution is -2.56. The number of amides is 3. The zero-order chi connectivity index (χ0) is 24.5. The number of hydrogen-bond donors (Lipinski definition) is 3. The molecular formula is C23H35N3O6. The van der Waals surface area contributed by atoms with Gasteiger partial charge in [-0.2, -0.15) is 0 Å². The van der Waals surface area contributed by atoms with Crippen LogP contribution in [0.2, 0.25) is 0 Å². The molecule has 0 unspecified atom stereocenters. The molecule has 32 heavy (non-hydrogen) atoms. The predicted octanol–water partition coefficient (Wildman–Crippen LogP) is 1.94. The Morgan fingerprint density at radius 2 is 1.50 bits per heavy atom. The minimum Gasteiger partial charge on any atom is -0.467 e. The van der Waals surface area contributed by atoms with Crippen LogP contribution in [0.4, 0.5) is 4.79 Å². The van der Waals surface area contributed by atoms with E-state index >= 15 is 0 Å². The highest BCUT2D eigenvalue weighted by Gasteiger charge is 2.30. The molecule has 0 aliphatic heterocycles. The van der Waals surface area contributed by atoms with Crippen LogP contribution in [0.3, 0.4) is 0 Å². The molecule has 1 aromatic rings. The van der Waals surface area contributed by atoms with Gasteiger partial charge in [0.15, 0.2) is 0 Å². The van der Waals surface area contributed by atoms with Crippen molar-refractivity contribution in [1.29, 1.82) is 0 Å². The van der Waals surface area contributed by atoms with E-state index in [1.165, 1.54) is 14.0 Å². The van der Waals surface area contributed by atoms with Gasteiger partial charge < -0.3 is 25.4 Å². The average molecular weight is 450 g/mol. The number of methoxy groups -OCH3 is 1. The van der Waals surface area contributed by atoms with E-state index in [4.69, 9.17) is 9.47 Å². The molecule has 9 nitrogen and oxygen atoms in total. The summed E-state index contributed by atoms with van der Waals surface area (Å²) in [6.45, 7) is 10.2. The van der Waals surface area contributed by atoms with E-state index in [2.05, 4.69) is 16.0 Å². The molecule has 0 spiro atoms. The summed E-state index contributed by atoms with van der Waals surface area (Å²) in [5, 5.41) is 7.74. The summed E-state index contributed by atoms with van der Waals surface area (Å²) in [6, 6.07) is 6.42. The molecule has 0 aromatic heterocycles. The molecule has 1 aromatic carbocycles. The molecule has 9 heteroatoms. The lowest BCUT2D eigenvalue weighted by molar-refractivity contribution is -0.145. The molecule has 0 aliphatic carbocycles. The summed E-state index contributed by atoms with van der Waals surface area (Å²) < 4.78 is 10.0. The maximum Gasteiger partial charge on any atom is 0.408 e. The Morgan fingerprint density at radius 1 is 0.906 bits per heavy atom. The number of carbonyl (C=O) groups excluding carboxylic acids is 4. The molecule has 0 aliphatic rings. The molecule has 3 amide bonds. The standard InChI is InChI=1S/C23H35N3O6/c1-14(2)18(26-22(30)32-23(4,5)6)20(28)24-15(3)19(27)25-17(21(29)31-7)13-16-11-9-8-10-12-16/h8-12,14-15,17-18H,13H2,1-7H3,(H,24,28)(H,25,27)(H,26,30)/t15-,17-,18-/m0/s1. The molecule has 178 valence electrons. The van der Waals surface area contributed by atoms with Crippen LogP contribution in [0.25, 0.3) is 0 Å². The third-order valence-electron chi connectivity index (χ3n) is 4.46. The maximum absolute atomic E-state index is 12.7. The average Bonchev–Trinajstić information content (AvgIpc) is 2.69. The van der Waals surface area contributed by atoms with E-state index in [-0.39, 0.29) is 12.3 Å². The Labute approximate surface area is 189 Å². The van der Waals surface area contributed by atoms with Gasteiger partial charge in [-0.25, -0.2) is 9.59 Å². The Bertz CT molecular complexity index is 789. The summed E-state index contributed by atoms with van der Waals surface area (Å²) >= 11 is 0. The minimum absolute atomic E-state index is 0.245. The van der Waals surface area contributed by atoms with Gasteiger partial charge in [0.25, 0.3) is 0 Å². The number of hydrogen-bond acceptors (Lipinski definition) is 6. The number of benzene rings is 1. The van der Waals surface area contributed by atoms with E-state index in [1.807, 2.05) is 30.3 Å². The van der Waals surface area contributed by atoms with Crippen LogP contribution in [0.1, 0.15) is 47.1 Å². The highest BCUT2D eigenvalue weighted by molar-refractivity contribution is 5.93. The fourth-order valence-electron chi connectivity index (χ4n) is 2.82. The van der Waals surface area contributed by atoms with Crippen LogP contribution in [0.5, 0.6) is 0 Å². The van der Waals surface area contributed by atoms with Crippen LogP contribution in [-0.4, -0.2) is 54.7 Å². The van der Waals surface area contributed by atoms with Crippen LogP contribution >= 0.6 is 0 Å². The summed E-state index contributed by atoms with van der Waals surface area (Å²) in [5.41, 5.74) is 0.137. The molecular weight excluding hydrogens is 414 g/mol. The second-order valence-corrected chi connectivity index (χ2v) is 8.87. The van der Waals surface area contributed by atoms with Crippen molar-refractivity contribution in [1.82, 2.24) is 16.0 Å². The second-order valence-electron chi connectivity index (χ2n) is 8.87. The van der Waals surface area contributed by atoms with Gasteiger partial charge in [-0.05, 0) is 39.2 Å². The van der Waals surface area contributed by atoms with Crippen molar-refractivity contribution in [2.75, 3.05) is 7.11 Å². The topological polar surface area (TPSA) is 123 Å². The molecule has 1 rings (SSSR count). The summed E-state index contributed by atoms with van der Waals surface area (Å²) in [5.74, 6) is -1.93. The molecule has 0 radical (unpaired) electrons. The molecule has 3 N–H and O–H groups in total. The maximum atomic E-state index is 12.7. The zero-order valence-electron chi connectivity index (χ0n) is 19.9. The van der Waals surface area contributed by atoms with Gasteiger partial charge in [-0.3, -0.25) is 9.59 Å². The molecule has 0 saturated heterocycles. The fraction of sp³-hybridized carbons (Fsp3) is 0.565. The van der Waals surface area contributed by atoms with Crippen molar-refractivity contribution in [2.45, 2.75) is 71.7 Å². The minimum atomic E-state index is -0.952. The van der Waals surface area contributed by atoms with E-state index in [9.17, 15) is 19.2 Å². The van der Waals surface area contributed by atoms with Gasteiger partial charge >= 0.3 is 12.1 Å². The van der Waals surface area contributed by atoms with Crippen molar-refractivity contribution in [3.05, 3.63) is 35.9 Å². The molecule has 0 fully saturated rings. The third kappa shape index (κ3) is 9.36. The summed E-state index contributed by atoms with van der Waals surface area (Å²) in [6.07, 6.45) is -0.480. The van der Waals surface area contributed by atoms with Crippen LogP contribution in [-0.2, 0) is 30.3 Å². The Hall–Kier alpha value is -3.10. The van der Waals surface area contributed by atoms with Crippen molar-refractivity contribution in [3.8, 4) is 0 Å². The summed E-state index contributed by atoms with van der Waals surface area (Å²) in [7, 11) is 1.24. The molecule has 0 bridgehead atoms. The largest absolute Gasteiger partial charge is 0.467 e. The first kappa shape index (κ1) is 26.9. The van der Waals surface area contributed by atoms with Crippen molar-refractivity contribution < 1.29 is 28.7 Å². The fourth-order valence-corrected chi connectivity index (χ4v) is 2.82. The van der Waals surface area contributed by atoms with Gasteiger partial charge in [0.1, 0.15) is 23.7 Å². The van der Waals surface area contributed by atoms with Gasteiger partial charge in [0.05, 0.1) is 7.11 Å². The molecule has 0 heterocycles. The zero-order valence-corrected chi connectivity index (χ0v) is 19.9. The second kappa shape index (κ2) is 12.1. The monoisotopic (exact) mass is 449 g/mol. The van der Waals surface area contributed by atoms with Crippen LogP contribution < -0.4 is 16.0 Å². The predicted molar refractivity (Wildman–Crippen MR) is 120 cm³/mol. The van der Waals surface area contributed by atoms with Gasteiger partial charge in [0.2, 0.25) is 11.8 Å². The Kier molecular flexibility index (Phi) is 10.2. The first-order valence-electron chi connectivity index (χ1n) is 10.6. The first-order valence-corrected chi connectivity index (χ1v) is 10.6. The van der Waals surface area contributed by atoms with Crippen molar-refractivity contribution in [3.63, 3.8) is 0 Å². The Balaban J connectivity index is 2.78. The highest BCUT2D eigenvalue weighted by atomic mass is 16.6. The molecule has 3 atom stereocenters. The van der Waals surface area contributed by atoms with Gasteiger partial charge in [0, 0.05) is 6.42 Å². The van der Waals surface area contributed by atoms with E-state index in [0.717, 1.165) is 5.56 Å². The van der Waals surface area contributed by atoms with E-state index in [1.54, 1.807) is 34.6 Å². The van der Waals surface area contributed by atoms with Crippen LogP contribution in [0, 0.1) is 5.92 Å². The van der Waals surface area contributed by atoms with Gasteiger partial charge in [-0.1, -0.05) is 44.2 Å². The Morgan fingerprint density at radius 3 is 2.00 bits per heavy atom. The SMILES string of the molecule is COC(=O)[C@H](Cc1ccccc1)NC(=O)[C@H](C)NC(=O)[C@@H](NC(=O)OC(C)(C)C)C(C)C. The first-order chi connectivity index (χ1) is 14.8. The number of ether oxygens (including phenoxy) is 2. The van der Waals surface area contributed by atoms with Crippen LogP contribution in [0.15, 0.2) is 30.3 Å². The number of esters is 1. The number of nitrogens with one attached hydrogen (secondary N) is 3. The lowest BCUT2D eigenvalue weighted by atomic mass is 10.0. The lowest BCUT2D eigenvalue weighted by Gasteiger charge is -2.26. The number of alkyl carbamates (subject to hydrolysis) is 1. The number of rotatable bonds is 9. The quantitative estimate of drug-likeness (QED) is 0.495.